The highest BCUT2D eigenvalue weighted by Crippen LogP contribution is 2.12. The van der Waals surface area contributed by atoms with E-state index in [0.29, 0.717) is 6.42 Å². The molecule has 0 aliphatic carbocycles. The van der Waals surface area contributed by atoms with Crippen LogP contribution in [-0.2, 0) is 4.84 Å². The van der Waals surface area contributed by atoms with Gasteiger partial charge in [0, 0.05) is 12.6 Å². The number of rotatable bonds is 5. The summed E-state index contributed by atoms with van der Waals surface area (Å²) in [4.78, 5) is 5.20. The highest BCUT2D eigenvalue weighted by atomic mass is 16.6. The minimum Gasteiger partial charge on any atom is -0.411 e. The van der Waals surface area contributed by atoms with Crippen molar-refractivity contribution in [1.29, 1.82) is 0 Å². The summed E-state index contributed by atoms with van der Waals surface area (Å²) in [6.45, 7) is 7.70. The van der Waals surface area contributed by atoms with Crippen molar-refractivity contribution in [3.8, 4) is 0 Å². The largest absolute Gasteiger partial charge is 0.411 e. The van der Waals surface area contributed by atoms with Crippen LogP contribution in [0.25, 0.3) is 0 Å². The molecule has 0 bridgehead atoms. The van der Waals surface area contributed by atoms with Crippen LogP contribution in [0.4, 0.5) is 0 Å². The molecule has 1 N–H and O–H groups in total. The van der Waals surface area contributed by atoms with Gasteiger partial charge in [-0.15, -0.1) is 5.16 Å². The molecule has 14 heavy (non-hydrogen) atoms. The monoisotopic (exact) mass is 198 g/mol. The van der Waals surface area contributed by atoms with Crippen molar-refractivity contribution in [3.63, 3.8) is 0 Å². The maximum absolute atomic E-state index is 8.24. The maximum Gasteiger partial charge on any atom is 0.137 e. The van der Waals surface area contributed by atoms with E-state index in [1.165, 1.54) is 6.21 Å². The number of hydrogen-bond donors (Lipinski definition) is 1. The predicted molar refractivity (Wildman–Crippen MR) is 58.0 cm³/mol. The summed E-state index contributed by atoms with van der Waals surface area (Å²) in [6, 6.07) is 0. The predicted octanol–water partition coefficient (Wildman–Crippen LogP) is 2.58. The molecule has 4 heteroatoms. The smallest absolute Gasteiger partial charge is 0.137 e. The molecule has 0 amide bonds. The van der Waals surface area contributed by atoms with Gasteiger partial charge in [-0.05, 0) is 33.8 Å². The second kappa shape index (κ2) is 6.18. The van der Waals surface area contributed by atoms with E-state index in [1.807, 2.05) is 33.8 Å². The van der Waals surface area contributed by atoms with Gasteiger partial charge in [0.1, 0.15) is 5.60 Å². The molecule has 0 radical (unpaired) electrons. The summed E-state index contributed by atoms with van der Waals surface area (Å²) in [5.74, 6) is 0. The van der Waals surface area contributed by atoms with E-state index in [4.69, 9.17) is 10.0 Å². The Hall–Kier alpha value is -1.32. The van der Waals surface area contributed by atoms with Gasteiger partial charge in [-0.1, -0.05) is 10.7 Å². The third kappa shape index (κ3) is 7.34. The number of oxime groups is 2. The van der Waals surface area contributed by atoms with Crippen LogP contribution in [0, 0.1) is 0 Å². The molecule has 0 rings (SSSR count). The highest BCUT2D eigenvalue weighted by molar-refractivity contribution is 5.71. The Morgan fingerprint density at radius 2 is 2.07 bits per heavy atom. The fraction of sp³-hybridized carbons (Fsp3) is 0.600. The molecule has 0 atom stereocenters. The molecular weight excluding hydrogens is 180 g/mol. The van der Waals surface area contributed by atoms with Crippen molar-refractivity contribution in [3.05, 3.63) is 11.6 Å². The van der Waals surface area contributed by atoms with Gasteiger partial charge < -0.3 is 10.0 Å². The standard InChI is InChI=1S/C10H18N2O2/c1-9(2)5-7-12-14-10(3,4)6-8-11-13/h5,7-8,13H,6H2,1-4H3/b11-8+,12-7+. The van der Waals surface area contributed by atoms with Crippen LogP contribution in [0.2, 0.25) is 0 Å². The van der Waals surface area contributed by atoms with Crippen LogP contribution in [0.3, 0.4) is 0 Å². The van der Waals surface area contributed by atoms with Gasteiger partial charge in [0.15, 0.2) is 0 Å². The molecule has 0 aliphatic heterocycles. The molecule has 0 saturated carbocycles. The van der Waals surface area contributed by atoms with Crippen LogP contribution < -0.4 is 0 Å². The van der Waals surface area contributed by atoms with Crippen molar-refractivity contribution < 1.29 is 10.0 Å². The van der Waals surface area contributed by atoms with E-state index in [1.54, 1.807) is 6.21 Å². The van der Waals surface area contributed by atoms with Crippen LogP contribution in [0.5, 0.6) is 0 Å². The van der Waals surface area contributed by atoms with Crippen molar-refractivity contribution in [2.45, 2.75) is 39.7 Å². The quantitative estimate of drug-likeness (QED) is 0.419. The minimum atomic E-state index is -0.446. The topological polar surface area (TPSA) is 54.2 Å². The average molecular weight is 198 g/mol. The lowest BCUT2D eigenvalue weighted by atomic mass is 10.1. The Balaban J connectivity index is 3.98. The Kier molecular flexibility index (Phi) is 5.60. The molecule has 0 aromatic rings. The lowest BCUT2D eigenvalue weighted by Gasteiger charge is -2.18. The normalized spacial score (nSPS) is 12.3. The summed E-state index contributed by atoms with van der Waals surface area (Å²) in [6.07, 6.45) is 5.36. The van der Waals surface area contributed by atoms with E-state index >= 15 is 0 Å². The molecule has 0 aromatic carbocycles. The molecular formula is C10H18N2O2. The van der Waals surface area contributed by atoms with E-state index < -0.39 is 5.60 Å². The fourth-order valence-electron chi connectivity index (χ4n) is 0.651. The second-order valence-corrected chi connectivity index (χ2v) is 3.85. The Bertz CT molecular complexity index is 239. The van der Waals surface area contributed by atoms with Crippen LogP contribution in [-0.4, -0.2) is 23.2 Å². The lowest BCUT2D eigenvalue weighted by molar-refractivity contribution is -0.00689. The maximum atomic E-state index is 8.24. The van der Waals surface area contributed by atoms with E-state index in [-0.39, 0.29) is 0 Å². The Morgan fingerprint density at radius 1 is 1.43 bits per heavy atom. The molecule has 0 aliphatic rings. The van der Waals surface area contributed by atoms with Crippen molar-refractivity contribution in [2.75, 3.05) is 0 Å². The molecule has 0 spiro atoms. The van der Waals surface area contributed by atoms with Gasteiger partial charge in [0.25, 0.3) is 0 Å². The van der Waals surface area contributed by atoms with E-state index in [2.05, 4.69) is 10.3 Å². The SMILES string of the molecule is CC(C)=C/C=N/OC(C)(C)C/C=N/O. The molecule has 0 unspecified atom stereocenters. The Labute approximate surface area is 84.9 Å². The fourth-order valence-corrected chi connectivity index (χ4v) is 0.651. The van der Waals surface area contributed by atoms with Crippen LogP contribution in [0.1, 0.15) is 34.1 Å². The summed E-state index contributed by atoms with van der Waals surface area (Å²) in [5, 5.41) is 14.9. The zero-order valence-electron chi connectivity index (χ0n) is 9.19. The minimum absolute atomic E-state index is 0.446. The zero-order valence-corrected chi connectivity index (χ0v) is 9.19. The van der Waals surface area contributed by atoms with Crippen molar-refractivity contribution in [1.82, 2.24) is 0 Å². The molecule has 0 aromatic heterocycles. The molecule has 0 heterocycles. The number of allylic oxidation sites excluding steroid dienone is 2. The number of nitrogens with zero attached hydrogens (tertiary/aromatic N) is 2. The van der Waals surface area contributed by atoms with Gasteiger partial charge in [0.2, 0.25) is 0 Å². The first-order valence-corrected chi connectivity index (χ1v) is 4.49. The van der Waals surface area contributed by atoms with Gasteiger partial charge in [-0.25, -0.2) is 0 Å². The van der Waals surface area contributed by atoms with E-state index in [9.17, 15) is 0 Å². The van der Waals surface area contributed by atoms with Crippen LogP contribution >= 0.6 is 0 Å². The van der Waals surface area contributed by atoms with Gasteiger partial charge in [0.05, 0.1) is 6.21 Å². The van der Waals surface area contributed by atoms with E-state index in [0.717, 1.165) is 5.57 Å². The summed E-state index contributed by atoms with van der Waals surface area (Å²) in [5.41, 5.74) is 0.713. The summed E-state index contributed by atoms with van der Waals surface area (Å²) < 4.78 is 0. The lowest BCUT2D eigenvalue weighted by Crippen LogP contribution is -2.22. The molecule has 0 fully saturated rings. The highest BCUT2D eigenvalue weighted by Gasteiger charge is 2.17. The molecule has 80 valence electrons. The first kappa shape index (κ1) is 12.7. The third-order valence-electron chi connectivity index (χ3n) is 1.43. The Morgan fingerprint density at radius 3 is 2.57 bits per heavy atom. The first-order chi connectivity index (χ1) is 6.48. The number of hydrogen-bond acceptors (Lipinski definition) is 4. The van der Waals surface area contributed by atoms with Crippen molar-refractivity contribution >= 4 is 12.4 Å². The molecule has 4 nitrogen and oxygen atoms in total. The summed E-state index contributed by atoms with van der Waals surface area (Å²) >= 11 is 0. The second-order valence-electron chi connectivity index (χ2n) is 3.85. The molecule has 0 saturated heterocycles. The van der Waals surface area contributed by atoms with Gasteiger partial charge in [-0.2, -0.15) is 0 Å². The third-order valence-corrected chi connectivity index (χ3v) is 1.43. The zero-order chi connectivity index (χ0) is 11.0. The van der Waals surface area contributed by atoms with Gasteiger partial charge >= 0.3 is 0 Å². The van der Waals surface area contributed by atoms with Crippen LogP contribution in [0.15, 0.2) is 22.0 Å². The summed E-state index contributed by atoms with van der Waals surface area (Å²) in [7, 11) is 0. The average Bonchev–Trinajstić information content (AvgIpc) is 2.09. The van der Waals surface area contributed by atoms with Gasteiger partial charge in [-0.3, -0.25) is 0 Å². The van der Waals surface area contributed by atoms with Crippen molar-refractivity contribution in [2.24, 2.45) is 10.3 Å². The first-order valence-electron chi connectivity index (χ1n) is 4.49.